The van der Waals surface area contributed by atoms with E-state index in [2.05, 4.69) is 30.8 Å². The summed E-state index contributed by atoms with van der Waals surface area (Å²) in [7, 11) is 0. The number of nitrogens with one attached hydrogen (secondary N) is 2. The highest BCUT2D eigenvalue weighted by Gasteiger charge is 2.34. The second kappa shape index (κ2) is 6.18. The van der Waals surface area contributed by atoms with Crippen LogP contribution in [-0.4, -0.2) is 19.2 Å². The fraction of sp³-hybridized carbons (Fsp3) is 0.571. The number of benzene rings is 1. The maximum absolute atomic E-state index is 5.88. The van der Waals surface area contributed by atoms with Crippen molar-refractivity contribution < 1.29 is 4.74 Å². The summed E-state index contributed by atoms with van der Waals surface area (Å²) in [6, 6.07) is 8.80. The van der Waals surface area contributed by atoms with Gasteiger partial charge in [0.25, 0.3) is 0 Å². The van der Waals surface area contributed by atoms with E-state index in [1.165, 1.54) is 5.56 Å². The topological polar surface area (TPSA) is 59.3 Å². The van der Waals surface area contributed by atoms with Gasteiger partial charge >= 0.3 is 0 Å². The SMILES string of the molecule is CCCOc1ccccc1C1NNC(C)C1CN. The zero-order valence-corrected chi connectivity index (χ0v) is 11.1. The van der Waals surface area contributed by atoms with Crippen LogP contribution in [0.4, 0.5) is 0 Å². The number of para-hydroxylation sites is 1. The minimum atomic E-state index is 0.220. The summed E-state index contributed by atoms with van der Waals surface area (Å²) >= 11 is 0. The molecule has 100 valence electrons. The number of hydrazine groups is 1. The molecule has 0 aliphatic carbocycles. The summed E-state index contributed by atoms with van der Waals surface area (Å²) in [6.45, 7) is 5.68. The minimum absolute atomic E-state index is 0.220. The lowest BCUT2D eigenvalue weighted by Gasteiger charge is -2.21. The fourth-order valence-electron chi connectivity index (χ4n) is 2.45. The lowest BCUT2D eigenvalue weighted by molar-refractivity contribution is 0.307. The van der Waals surface area contributed by atoms with Gasteiger partial charge in [0.15, 0.2) is 0 Å². The van der Waals surface area contributed by atoms with Crippen LogP contribution in [0.2, 0.25) is 0 Å². The molecule has 0 bridgehead atoms. The van der Waals surface area contributed by atoms with Gasteiger partial charge in [-0.05, 0) is 26.0 Å². The van der Waals surface area contributed by atoms with E-state index in [-0.39, 0.29) is 6.04 Å². The maximum Gasteiger partial charge on any atom is 0.124 e. The molecular weight excluding hydrogens is 226 g/mol. The Bertz CT molecular complexity index is 383. The van der Waals surface area contributed by atoms with Crippen LogP contribution in [0.5, 0.6) is 5.75 Å². The second-order valence-corrected chi connectivity index (χ2v) is 4.84. The molecule has 1 aliphatic rings. The van der Waals surface area contributed by atoms with Crippen molar-refractivity contribution in [2.75, 3.05) is 13.2 Å². The van der Waals surface area contributed by atoms with Crippen molar-refractivity contribution in [1.82, 2.24) is 10.9 Å². The van der Waals surface area contributed by atoms with Crippen LogP contribution in [0.15, 0.2) is 24.3 Å². The zero-order valence-electron chi connectivity index (χ0n) is 11.1. The predicted molar refractivity (Wildman–Crippen MR) is 73.2 cm³/mol. The van der Waals surface area contributed by atoms with Gasteiger partial charge in [0.1, 0.15) is 5.75 Å². The van der Waals surface area contributed by atoms with Crippen molar-refractivity contribution in [2.24, 2.45) is 11.7 Å². The fourth-order valence-corrected chi connectivity index (χ4v) is 2.45. The standard InChI is InChI=1S/C14H23N3O/c1-3-8-18-13-7-5-4-6-11(13)14-12(9-15)10(2)16-17-14/h4-7,10,12,14,16-17H,3,8-9,15H2,1-2H3. The van der Waals surface area contributed by atoms with Gasteiger partial charge in [-0.3, -0.25) is 5.43 Å². The summed E-state index contributed by atoms with van der Waals surface area (Å²) in [4.78, 5) is 0. The summed E-state index contributed by atoms with van der Waals surface area (Å²) in [5.74, 6) is 1.35. The van der Waals surface area contributed by atoms with Crippen molar-refractivity contribution in [3.63, 3.8) is 0 Å². The Kier molecular flexibility index (Phi) is 4.58. The van der Waals surface area contributed by atoms with Crippen LogP contribution in [0.25, 0.3) is 0 Å². The van der Waals surface area contributed by atoms with Gasteiger partial charge < -0.3 is 10.5 Å². The number of hydrogen-bond donors (Lipinski definition) is 3. The first-order valence-electron chi connectivity index (χ1n) is 6.70. The summed E-state index contributed by atoms with van der Waals surface area (Å²) < 4.78 is 5.82. The molecule has 1 heterocycles. The first-order valence-corrected chi connectivity index (χ1v) is 6.70. The summed E-state index contributed by atoms with van der Waals surface area (Å²) in [6.07, 6.45) is 1.02. The van der Waals surface area contributed by atoms with E-state index < -0.39 is 0 Å². The summed E-state index contributed by atoms with van der Waals surface area (Å²) in [5, 5.41) is 0. The van der Waals surface area contributed by atoms with Crippen molar-refractivity contribution in [2.45, 2.75) is 32.4 Å². The molecule has 18 heavy (non-hydrogen) atoms. The van der Waals surface area contributed by atoms with Gasteiger partial charge in [0.05, 0.1) is 12.6 Å². The largest absolute Gasteiger partial charge is 0.493 e. The van der Waals surface area contributed by atoms with Crippen molar-refractivity contribution in [1.29, 1.82) is 0 Å². The maximum atomic E-state index is 5.88. The quantitative estimate of drug-likeness (QED) is 0.741. The van der Waals surface area contributed by atoms with Gasteiger partial charge in [0, 0.05) is 17.5 Å². The average molecular weight is 249 g/mol. The lowest BCUT2D eigenvalue weighted by atomic mass is 9.90. The Morgan fingerprint density at radius 3 is 2.78 bits per heavy atom. The number of rotatable bonds is 5. The van der Waals surface area contributed by atoms with Crippen molar-refractivity contribution in [3.8, 4) is 5.75 Å². The molecule has 1 saturated heterocycles. The van der Waals surface area contributed by atoms with Gasteiger partial charge in [-0.2, -0.15) is 0 Å². The molecule has 4 nitrogen and oxygen atoms in total. The van der Waals surface area contributed by atoms with Crippen LogP contribution in [0, 0.1) is 5.92 Å². The molecule has 4 heteroatoms. The predicted octanol–water partition coefficient (Wildman–Crippen LogP) is 1.59. The second-order valence-electron chi connectivity index (χ2n) is 4.84. The lowest BCUT2D eigenvalue weighted by Crippen LogP contribution is -2.30. The molecule has 0 spiro atoms. The van der Waals surface area contributed by atoms with Crippen LogP contribution in [0.1, 0.15) is 31.9 Å². The zero-order chi connectivity index (χ0) is 13.0. The monoisotopic (exact) mass is 249 g/mol. The molecule has 0 aromatic heterocycles. The molecule has 4 N–H and O–H groups in total. The molecule has 3 unspecified atom stereocenters. The molecule has 1 aromatic carbocycles. The van der Waals surface area contributed by atoms with Crippen LogP contribution >= 0.6 is 0 Å². The van der Waals surface area contributed by atoms with E-state index in [4.69, 9.17) is 10.5 Å². The first-order chi connectivity index (χ1) is 8.77. The van der Waals surface area contributed by atoms with Gasteiger partial charge in [0.2, 0.25) is 0 Å². The molecule has 2 rings (SSSR count). The molecule has 3 atom stereocenters. The van der Waals surface area contributed by atoms with Gasteiger partial charge in [-0.1, -0.05) is 25.1 Å². The van der Waals surface area contributed by atoms with E-state index in [1.54, 1.807) is 0 Å². The van der Waals surface area contributed by atoms with Crippen molar-refractivity contribution in [3.05, 3.63) is 29.8 Å². The van der Waals surface area contributed by atoms with E-state index in [0.717, 1.165) is 18.8 Å². The first kappa shape index (κ1) is 13.3. The molecule has 0 radical (unpaired) electrons. The molecular formula is C14H23N3O. The number of ether oxygens (including phenoxy) is 1. The van der Waals surface area contributed by atoms with E-state index >= 15 is 0 Å². The van der Waals surface area contributed by atoms with E-state index in [0.29, 0.717) is 18.5 Å². The highest BCUT2D eigenvalue weighted by atomic mass is 16.5. The van der Waals surface area contributed by atoms with Crippen molar-refractivity contribution >= 4 is 0 Å². The normalized spacial score (nSPS) is 27.4. The van der Waals surface area contributed by atoms with E-state index in [9.17, 15) is 0 Å². The Balaban J connectivity index is 2.21. The molecule has 1 aliphatic heterocycles. The van der Waals surface area contributed by atoms with Gasteiger partial charge in [-0.15, -0.1) is 0 Å². The minimum Gasteiger partial charge on any atom is -0.493 e. The van der Waals surface area contributed by atoms with Crippen LogP contribution in [-0.2, 0) is 0 Å². The Labute approximate surface area is 109 Å². The van der Waals surface area contributed by atoms with E-state index in [1.807, 2.05) is 18.2 Å². The third-order valence-electron chi connectivity index (χ3n) is 3.52. The average Bonchev–Trinajstić information content (AvgIpc) is 2.77. The Morgan fingerprint density at radius 2 is 2.06 bits per heavy atom. The third-order valence-corrected chi connectivity index (χ3v) is 3.52. The van der Waals surface area contributed by atoms with Crippen LogP contribution < -0.4 is 21.3 Å². The van der Waals surface area contributed by atoms with Gasteiger partial charge in [-0.25, -0.2) is 5.43 Å². The molecule has 0 saturated carbocycles. The summed E-state index contributed by atoms with van der Waals surface area (Å²) in [5.41, 5.74) is 13.7. The third kappa shape index (κ3) is 2.66. The highest BCUT2D eigenvalue weighted by Crippen LogP contribution is 2.33. The molecule has 1 fully saturated rings. The smallest absolute Gasteiger partial charge is 0.124 e. The molecule has 1 aromatic rings. The Hall–Kier alpha value is -1.10. The highest BCUT2D eigenvalue weighted by molar-refractivity contribution is 5.37. The number of nitrogens with two attached hydrogens (primary N) is 1. The number of hydrogen-bond acceptors (Lipinski definition) is 4. The Morgan fingerprint density at radius 1 is 1.28 bits per heavy atom. The van der Waals surface area contributed by atoms with Crippen LogP contribution in [0.3, 0.4) is 0 Å². The molecule has 0 amide bonds.